The topological polar surface area (TPSA) is 114 Å². The number of hydrogen-bond donors (Lipinski definition) is 1. The fraction of sp³-hybridized carbons (Fsp3) is 0.474. The Bertz CT molecular complexity index is 1060. The van der Waals surface area contributed by atoms with Gasteiger partial charge in [-0.3, -0.25) is 9.59 Å². The van der Waals surface area contributed by atoms with E-state index in [1.54, 1.807) is 30.7 Å². The highest BCUT2D eigenvalue weighted by molar-refractivity contribution is 7.99. The number of sulfone groups is 1. The normalized spacial score (nSPS) is 17.5. The van der Waals surface area contributed by atoms with Crippen LogP contribution in [-0.4, -0.2) is 76.3 Å². The van der Waals surface area contributed by atoms with E-state index < -0.39 is 15.9 Å². The van der Waals surface area contributed by atoms with Gasteiger partial charge in [0.15, 0.2) is 20.8 Å². The van der Waals surface area contributed by atoms with Crippen molar-refractivity contribution >= 4 is 33.4 Å². The molecule has 0 bridgehead atoms. The number of carbonyl (C=O) groups excluding carboxylic acids is 2. The molecule has 168 valence electrons. The zero-order valence-electron chi connectivity index (χ0n) is 17.2. The van der Waals surface area contributed by atoms with E-state index in [0.717, 1.165) is 0 Å². The third kappa shape index (κ3) is 6.03. The van der Waals surface area contributed by atoms with Crippen molar-refractivity contribution in [1.29, 1.82) is 0 Å². The molecule has 0 aliphatic carbocycles. The molecule has 1 N–H and O–H groups in total. The highest BCUT2D eigenvalue weighted by Crippen LogP contribution is 2.23. The maximum atomic E-state index is 13.1. The lowest BCUT2D eigenvalue weighted by atomic mass is 10.2. The van der Waals surface area contributed by atoms with Crippen molar-refractivity contribution in [3.05, 3.63) is 30.1 Å². The zero-order valence-corrected chi connectivity index (χ0v) is 18.9. The summed E-state index contributed by atoms with van der Waals surface area (Å²) in [6.45, 7) is 1.98. The first-order chi connectivity index (χ1) is 14.7. The molecule has 2 amide bonds. The summed E-state index contributed by atoms with van der Waals surface area (Å²) in [5.74, 6) is -0.334. The van der Waals surface area contributed by atoms with Crippen molar-refractivity contribution in [3.8, 4) is 11.4 Å². The van der Waals surface area contributed by atoms with Gasteiger partial charge in [-0.15, -0.1) is 10.2 Å². The van der Waals surface area contributed by atoms with E-state index in [2.05, 4.69) is 15.5 Å². The van der Waals surface area contributed by atoms with Gasteiger partial charge in [0, 0.05) is 25.2 Å². The number of benzene rings is 1. The van der Waals surface area contributed by atoms with Crippen LogP contribution in [0.2, 0.25) is 0 Å². The van der Waals surface area contributed by atoms with Gasteiger partial charge in [-0.2, -0.15) is 0 Å². The number of nitrogens with one attached hydrogen (secondary N) is 1. The molecule has 1 aliphatic heterocycles. The Hall–Kier alpha value is -2.47. The molecule has 31 heavy (non-hydrogen) atoms. The standard InChI is InChI=1S/C19H24FN5O4S2/c1-3-25(10-16(26)21-15-8-9-31(28,29)12-15)17(27)11-30-19-23-22-18(24(19)2)13-4-6-14(20)7-5-13/h4-7,15H,3,8-12H2,1-2H3,(H,21,26). The van der Waals surface area contributed by atoms with E-state index in [4.69, 9.17) is 0 Å². The smallest absolute Gasteiger partial charge is 0.239 e. The van der Waals surface area contributed by atoms with Crippen molar-refractivity contribution in [3.63, 3.8) is 0 Å². The molecule has 1 atom stereocenters. The largest absolute Gasteiger partial charge is 0.351 e. The number of likely N-dealkylation sites (N-methyl/N-ethyl adjacent to an activating group) is 1. The molecule has 3 rings (SSSR count). The molecule has 1 aliphatic rings. The van der Waals surface area contributed by atoms with Crippen molar-refractivity contribution in [1.82, 2.24) is 25.0 Å². The van der Waals surface area contributed by atoms with Crippen molar-refractivity contribution < 1.29 is 22.4 Å². The Morgan fingerprint density at radius 3 is 2.61 bits per heavy atom. The van der Waals surface area contributed by atoms with Gasteiger partial charge in [-0.25, -0.2) is 12.8 Å². The van der Waals surface area contributed by atoms with E-state index >= 15 is 0 Å². The minimum Gasteiger partial charge on any atom is -0.351 e. The van der Waals surface area contributed by atoms with Gasteiger partial charge < -0.3 is 14.8 Å². The molecule has 0 saturated carbocycles. The van der Waals surface area contributed by atoms with Gasteiger partial charge in [0.05, 0.1) is 23.8 Å². The quantitative estimate of drug-likeness (QED) is 0.571. The number of aromatic nitrogens is 3. The van der Waals surface area contributed by atoms with E-state index in [1.165, 1.54) is 28.8 Å². The average molecular weight is 470 g/mol. The molecule has 9 nitrogen and oxygen atoms in total. The number of nitrogens with zero attached hydrogens (tertiary/aromatic N) is 4. The lowest BCUT2D eigenvalue weighted by Gasteiger charge is -2.21. The molecule has 2 heterocycles. The van der Waals surface area contributed by atoms with Crippen LogP contribution in [0.1, 0.15) is 13.3 Å². The number of amides is 2. The van der Waals surface area contributed by atoms with Crippen molar-refractivity contribution in [2.45, 2.75) is 24.5 Å². The molecular weight excluding hydrogens is 445 g/mol. The molecule has 1 saturated heterocycles. The van der Waals surface area contributed by atoms with Gasteiger partial charge in [0.2, 0.25) is 11.8 Å². The Kier molecular flexibility index (Phi) is 7.31. The van der Waals surface area contributed by atoms with Gasteiger partial charge in [0.25, 0.3) is 0 Å². The molecule has 12 heteroatoms. The second-order valence-corrected chi connectivity index (χ2v) is 10.4. The first kappa shape index (κ1) is 23.2. The molecule has 0 spiro atoms. The maximum Gasteiger partial charge on any atom is 0.239 e. The average Bonchev–Trinajstić information content (AvgIpc) is 3.26. The number of hydrogen-bond acceptors (Lipinski definition) is 7. The Morgan fingerprint density at radius 2 is 2.00 bits per heavy atom. The number of thioether (sulfide) groups is 1. The molecule has 0 radical (unpaired) electrons. The fourth-order valence-corrected chi connectivity index (χ4v) is 5.73. The van der Waals surface area contributed by atoms with Crippen molar-refractivity contribution in [2.75, 3.05) is 30.3 Å². The van der Waals surface area contributed by atoms with Crippen molar-refractivity contribution in [2.24, 2.45) is 7.05 Å². The summed E-state index contributed by atoms with van der Waals surface area (Å²) < 4.78 is 37.9. The van der Waals surface area contributed by atoms with E-state index in [1.807, 2.05) is 0 Å². The summed E-state index contributed by atoms with van der Waals surface area (Å²) in [5, 5.41) is 11.4. The predicted molar refractivity (Wildman–Crippen MR) is 115 cm³/mol. The van der Waals surface area contributed by atoms with Crippen LogP contribution in [0, 0.1) is 5.82 Å². The van der Waals surface area contributed by atoms with Gasteiger partial charge in [-0.05, 0) is 37.6 Å². The van der Waals surface area contributed by atoms with Crippen LogP contribution in [-0.2, 0) is 26.5 Å². The maximum absolute atomic E-state index is 13.1. The summed E-state index contributed by atoms with van der Waals surface area (Å²) >= 11 is 1.19. The molecular formula is C19H24FN5O4S2. The van der Waals surface area contributed by atoms with E-state index in [9.17, 15) is 22.4 Å². The van der Waals surface area contributed by atoms with Crippen LogP contribution in [0.25, 0.3) is 11.4 Å². The molecule has 1 fully saturated rings. The number of carbonyl (C=O) groups is 2. The van der Waals surface area contributed by atoms with Crippen LogP contribution < -0.4 is 5.32 Å². The number of halogens is 1. The first-order valence-corrected chi connectivity index (χ1v) is 12.5. The lowest BCUT2D eigenvalue weighted by molar-refractivity contribution is -0.134. The minimum absolute atomic E-state index is 0.0583. The van der Waals surface area contributed by atoms with Crippen LogP contribution >= 0.6 is 11.8 Å². The van der Waals surface area contributed by atoms with Crippen LogP contribution in [0.15, 0.2) is 29.4 Å². The molecule has 1 aromatic carbocycles. The predicted octanol–water partition coefficient (Wildman–Crippen LogP) is 0.865. The van der Waals surface area contributed by atoms with Gasteiger partial charge >= 0.3 is 0 Å². The second kappa shape index (κ2) is 9.77. The Balaban J connectivity index is 1.54. The highest BCUT2D eigenvalue weighted by atomic mass is 32.2. The highest BCUT2D eigenvalue weighted by Gasteiger charge is 2.29. The Labute approximate surface area is 184 Å². The molecule has 2 aromatic rings. The summed E-state index contributed by atoms with van der Waals surface area (Å²) in [7, 11) is -1.33. The molecule has 1 aromatic heterocycles. The van der Waals surface area contributed by atoms with E-state index in [0.29, 0.717) is 29.5 Å². The summed E-state index contributed by atoms with van der Waals surface area (Å²) in [6.07, 6.45) is 0.395. The lowest BCUT2D eigenvalue weighted by Crippen LogP contribution is -2.45. The summed E-state index contributed by atoms with van der Waals surface area (Å²) in [5.41, 5.74) is 0.704. The van der Waals surface area contributed by atoms with Gasteiger partial charge in [0.1, 0.15) is 5.82 Å². The van der Waals surface area contributed by atoms with Crippen LogP contribution in [0.3, 0.4) is 0 Å². The first-order valence-electron chi connectivity index (χ1n) is 9.74. The third-order valence-electron chi connectivity index (χ3n) is 4.93. The van der Waals surface area contributed by atoms with Gasteiger partial charge in [-0.1, -0.05) is 11.8 Å². The molecule has 1 unspecified atom stereocenters. The van der Waals surface area contributed by atoms with E-state index in [-0.39, 0.29) is 41.4 Å². The second-order valence-electron chi connectivity index (χ2n) is 7.24. The third-order valence-corrected chi connectivity index (χ3v) is 7.70. The van der Waals surface area contributed by atoms with Crippen LogP contribution in [0.5, 0.6) is 0 Å². The fourth-order valence-electron chi connectivity index (χ4n) is 3.24. The monoisotopic (exact) mass is 469 g/mol. The number of rotatable bonds is 8. The minimum atomic E-state index is -3.09. The van der Waals surface area contributed by atoms with Crippen LogP contribution in [0.4, 0.5) is 4.39 Å². The zero-order chi connectivity index (χ0) is 22.6. The Morgan fingerprint density at radius 1 is 1.29 bits per heavy atom. The SMILES string of the molecule is CCN(CC(=O)NC1CCS(=O)(=O)C1)C(=O)CSc1nnc(-c2ccc(F)cc2)n1C. The summed E-state index contributed by atoms with van der Waals surface area (Å²) in [4.78, 5) is 26.2. The summed E-state index contributed by atoms with van der Waals surface area (Å²) in [6, 6.07) is 5.49.